The molecular weight excluding hydrogens is 429 g/mol. The molecule has 4 aliphatic carbocycles. The Hall–Kier alpha value is 0.0200. The SMILES string of the molecule is C[C@H](CCC(=O)[O-])[C@H]1CCC2C3C(CC[C@@]21C)[C@]1(C)C(C[C@H](O)CC1C(=O)CN)C[C@H]3O.[Na+]. The molecule has 0 aromatic rings. The van der Waals surface area contributed by atoms with Crippen LogP contribution in [0.25, 0.3) is 0 Å². The van der Waals surface area contributed by atoms with Crippen molar-refractivity contribution in [3.05, 3.63) is 0 Å². The molecular formula is C26H42NNaO5. The Morgan fingerprint density at radius 3 is 2.42 bits per heavy atom. The van der Waals surface area contributed by atoms with Gasteiger partial charge >= 0.3 is 29.6 Å². The maximum Gasteiger partial charge on any atom is 1.00 e. The molecule has 0 aliphatic heterocycles. The number of aliphatic hydroxyl groups is 2. The number of Topliss-reactive ketones (excluding diaryl/α,β-unsaturated/α-hetero) is 1. The average molecular weight is 472 g/mol. The van der Waals surface area contributed by atoms with Crippen molar-refractivity contribution in [3.8, 4) is 0 Å². The Morgan fingerprint density at radius 1 is 1.09 bits per heavy atom. The van der Waals surface area contributed by atoms with Crippen LogP contribution in [-0.2, 0) is 9.59 Å². The van der Waals surface area contributed by atoms with Crippen LogP contribution in [0.1, 0.15) is 78.6 Å². The van der Waals surface area contributed by atoms with Crippen molar-refractivity contribution in [2.24, 2.45) is 58.0 Å². The fourth-order valence-electron chi connectivity index (χ4n) is 9.45. The zero-order valence-electron chi connectivity index (χ0n) is 21.0. The van der Waals surface area contributed by atoms with Gasteiger partial charge in [-0.2, -0.15) is 0 Å². The number of hydrogen-bond acceptors (Lipinski definition) is 6. The smallest absolute Gasteiger partial charge is 0.550 e. The summed E-state index contributed by atoms with van der Waals surface area (Å²) < 4.78 is 0. The van der Waals surface area contributed by atoms with Gasteiger partial charge in [-0.05, 0) is 104 Å². The summed E-state index contributed by atoms with van der Waals surface area (Å²) in [5.74, 6) is 0.592. The van der Waals surface area contributed by atoms with Crippen LogP contribution in [0.5, 0.6) is 0 Å². The van der Waals surface area contributed by atoms with Gasteiger partial charge in [0, 0.05) is 11.9 Å². The molecule has 6 nitrogen and oxygen atoms in total. The Balaban J connectivity index is 0.00000306. The summed E-state index contributed by atoms with van der Waals surface area (Å²) in [5, 5.41) is 32.9. The van der Waals surface area contributed by atoms with Gasteiger partial charge in [0.15, 0.2) is 0 Å². The van der Waals surface area contributed by atoms with E-state index < -0.39 is 18.2 Å². The molecule has 0 aromatic carbocycles. The van der Waals surface area contributed by atoms with E-state index in [9.17, 15) is 24.9 Å². The molecule has 0 heterocycles. The molecule has 4 fully saturated rings. The fourth-order valence-corrected chi connectivity index (χ4v) is 9.45. The largest absolute Gasteiger partial charge is 1.00 e. The van der Waals surface area contributed by atoms with E-state index in [1.54, 1.807) is 0 Å². The third-order valence-corrected chi connectivity index (χ3v) is 11.0. The Morgan fingerprint density at radius 2 is 1.79 bits per heavy atom. The molecule has 182 valence electrons. The summed E-state index contributed by atoms with van der Waals surface area (Å²) >= 11 is 0. The number of aliphatic hydroxyl groups excluding tert-OH is 2. The Labute approximate surface area is 220 Å². The van der Waals surface area contributed by atoms with Crippen molar-refractivity contribution in [2.45, 2.75) is 90.8 Å². The second kappa shape index (κ2) is 10.2. The molecule has 0 amide bonds. The normalized spacial score (nSPS) is 47.5. The molecule has 0 radical (unpaired) electrons. The zero-order chi connectivity index (χ0) is 23.4. The number of aliphatic carboxylic acids is 1. The maximum absolute atomic E-state index is 12.9. The molecule has 33 heavy (non-hydrogen) atoms. The number of carbonyl (C=O) groups excluding carboxylic acids is 2. The number of fused-ring (bicyclic) bond motifs is 5. The molecule has 0 spiro atoms. The standard InChI is InChI=1S/C26H43NO5.Na/c1-14(4-7-23(31)32)17-5-6-18-24-19(8-9-25(17,18)2)26(3)15(11-21(24)29)10-16(28)12-20(26)22(30)13-27;/h14-21,24,28-29H,4-13,27H2,1-3H3,(H,31,32);/q;+1/p-1/t14-,15?,16+,17-,18?,19?,20?,21-,24?,25-,26+;/m1./s1. The van der Waals surface area contributed by atoms with Gasteiger partial charge in [0.25, 0.3) is 0 Å². The molecule has 5 unspecified atom stereocenters. The van der Waals surface area contributed by atoms with Crippen LogP contribution in [0.2, 0.25) is 0 Å². The van der Waals surface area contributed by atoms with Gasteiger partial charge in [0.2, 0.25) is 0 Å². The van der Waals surface area contributed by atoms with E-state index in [2.05, 4.69) is 20.8 Å². The average Bonchev–Trinajstić information content (AvgIpc) is 3.09. The summed E-state index contributed by atoms with van der Waals surface area (Å²) in [6.07, 6.45) is 5.85. The van der Waals surface area contributed by atoms with E-state index in [4.69, 9.17) is 5.73 Å². The van der Waals surface area contributed by atoms with Gasteiger partial charge in [-0.15, -0.1) is 0 Å². The van der Waals surface area contributed by atoms with Gasteiger partial charge < -0.3 is 25.8 Å². The van der Waals surface area contributed by atoms with Gasteiger partial charge in [-0.1, -0.05) is 20.8 Å². The van der Waals surface area contributed by atoms with E-state index in [1.807, 2.05) is 0 Å². The topological polar surface area (TPSA) is 124 Å². The maximum atomic E-state index is 12.9. The van der Waals surface area contributed by atoms with Crippen molar-refractivity contribution >= 4 is 11.8 Å². The summed E-state index contributed by atoms with van der Waals surface area (Å²) in [5.41, 5.74) is 5.68. The van der Waals surface area contributed by atoms with Crippen LogP contribution in [0.3, 0.4) is 0 Å². The molecule has 0 aromatic heterocycles. The number of carboxylic acid groups (broad SMARTS) is 1. The van der Waals surface area contributed by atoms with Crippen LogP contribution in [0.15, 0.2) is 0 Å². The van der Waals surface area contributed by atoms with Crippen molar-refractivity contribution in [1.29, 1.82) is 0 Å². The van der Waals surface area contributed by atoms with Crippen LogP contribution >= 0.6 is 0 Å². The molecule has 11 atom stereocenters. The first-order chi connectivity index (χ1) is 15.0. The Kier molecular flexibility index (Phi) is 8.51. The van der Waals surface area contributed by atoms with Crippen LogP contribution in [0.4, 0.5) is 0 Å². The predicted octanol–water partition coefficient (Wildman–Crippen LogP) is -1.10. The number of carbonyl (C=O) groups is 2. The molecule has 0 saturated heterocycles. The third-order valence-electron chi connectivity index (χ3n) is 11.0. The fraction of sp³-hybridized carbons (Fsp3) is 0.923. The molecule has 0 bridgehead atoms. The minimum Gasteiger partial charge on any atom is -0.550 e. The van der Waals surface area contributed by atoms with Gasteiger partial charge in [0.1, 0.15) is 5.78 Å². The van der Waals surface area contributed by atoms with Crippen molar-refractivity contribution in [3.63, 3.8) is 0 Å². The molecule has 4 rings (SSSR count). The minimum absolute atomic E-state index is 0. The summed E-state index contributed by atoms with van der Waals surface area (Å²) in [6, 6.07) is 0. The monoisotopic (exact) mass is 471 g/mol. The number of carboxylic acids is 1. The van der Waals surface area contributed by atoms with Gasteiger partial charge in [-0.3, -0.25) is 4.79 Å². The van der Waals surface area contributed by atoms with Crippen LogP contribution < -0.4 is 40.4 Å². The molecule has 4 aliphatic rings. The minimum atomic E-state index is -0.975. The van der Waals surface area contributed by atoms with Gasteiger partial charge in [0.05, 0.1) is 18.8 Å². The predicted molar refractivity (Wildman–Crippen MR) is 119 cm³/mol. The number of nitrogens with two attached hydrogens (primary N) is 1. The van der Waals surface area contributed by atoms with Crippen molar-refractivity contribution in [2.75, 3.05) is 6.54 Å². The second-order valence-electron chi connectivity index (χ2n) is 12.1. The molecule has 4 saturated carbocycles. The number of rotatable bonds is 6. The summed E-state index contributed by atoms with van der Waals surface area (Å²) in [4.78, 5) is 24.0. The van der Waals surface area contributed by atoms with E-state index >= 15 is 0 Å². The van der Waals surface area contributed by atoms with E-state index in [0.717, 1.165) is 25.7 Å². The summed E-state index contributed by atoms with van der Waals surface area (Å²) in [7, 11) is 0. The number of ketones is 1. The molecule has 4 N–H and O–H groups in total. The number of hydrogen-bond donors (Lipinski definition) is 3. The van der Waals surface area contributed by atoms with E-state index in [-0.39, 0.29) is 82.8 Å². The third kappa shape index (κ3) is 4.51. The zero-order valence-corrected chi connectivity index (χ0v) is 23.0. The second-order valence-corrected chi connectivity index (χ2v) is 12.1. The van der Waals surface area contributed by atoms with Crippen molar-refractivity contribution in [1.82, 2.24) is 0 Å². The molecule has 7 heteroatoms. The van der Waals surface area contributed by atoms with Crippen molar-refractivity contribution < 1.29 is 54.5 Å². The Bertz CT molecular complexity index is 748. The quantitative estimate of drug-likeness (QED) is 0.423. The van der Waals surface area contributed by atoms with E-state index in [0.29, 0.717) is 43.4 Å². The van der Waals surface area contributed by atoms with Gasteiger partial charge in [-0.25, -0.2) is 0 Å². The first kappa shape index (κ1) is 27.6. The van der Waals surface area contributed by atoms with E-state index in [1.165, 1.54) is 0 Å². The van der Waals surface area contributed by atoms with Crippen LogP contribution in [0, 0.1) is 52.3 Å². The first-order valence-corrected chi connectivity index (χ1v) is 12.8. The van der Waals surface area contributed by atoms with Crippen LogP contribution in [-0.4, -0.2) is 40.7 Å². The first-order valence-electron chi connectivity index (χ1n) is 12.8. The summed E-state index contributed by atoms with van der Waals surface area (Å²) in [6.45, 7) is 6.82.